The van der Waals surface area contributed by atoms with E-state index in [4.69, 9.17) is 4.42 Å². The maximum Gasteiger partial charge on any atom is 0.333 e. The molecule has 0 bridgehead atoms. The number of nitrogens with zero attached hydrogens (tertiary/aromatic N) is 2. The van der Waals surface area contributed by atoms with E-state index in [9.17, 15) is 0 Å². The Morgan fingerprint density at radius 2 is 1.24 bits per heavy atom. The molecule has 0 saturated heterocycles. The zero-order valence-electron chi connectivity index (χ0n) is 40.4. The van der Waals surface area contributed by atoms with Crippen LogP contribution in [0.15, 0.2) is 138 Å². The number of furan rings is 1. The second-order valence-electron chi connectivity index (χ2n) is 23.5. The summed E-state index contributed by atoms with van der Waals surface area (Å²) in [6.45, 7) is 21.7. The van der Waals surface area contributed by atoms with Crippen molar-refractivity contribution in [3.63, 3.8) is 0 Å². The summed E-state index contributed by atoms with van der Waals surface area (Å²) < 4.78 is 11.9. The Labute approximate surface area is 402 Å². The number of rotatable bonds is 1. The van der Waals surface area contributed by atoms with E-state index in [1.165, 1.54) is 138 Å². The molecule has 0 radical (unpaired) electrons. The minimum Gasteiger partial charge on any atom is -0.456 e. The molecule has 2 aliphatic heterocycles. The molecule has 0 amide bonds. The number of thiophene rings is 1. The highest BCUT2D eigenvalue weighted by Gasteiger charge is 2.48. The van der Waals surface area contributed by atoms with E-state index in [1.54, 1.807) is 0 Å². The van der Waals surface area contributed by atoms with Gasteiger partial charge in [-0.25, -0.2) is 0 Å². The summed E-state index contributed by atoms with van der Waals surface area (Å²) in [7, 11) is 0. The standard InChI is InChI=1S/C63H53BN2OS/c1-60(2,3)34-18-20-35(21-19-34)66-50-30-41-40-28-46-47(62(6,7)27-26-61(46,4)5)32-45(40)63(8,9)44(41)29-42(50)37-22-23-39-56-49(24-25-53-57(56)38-15-10-12-16-52(38)67-53)65-51-31-43-36-14-11-13-17-54(36)68-55(43)33-48(51)64(66)58(37)59(39)65/h10-25,28-33H,26-27H2,1-9H3. The number of para-hydroxylation sites is 1. The molecule has 8 aromatic carbocycles. The van der Waals surface area contributed by atoms with E-state index in [-0.39, 0.29) is 28.5 Å². The van der Waals surface area contributed by atoms with Gasteiger partial charge in [-0.2, -0.15) is 0 Å². The molecule has 330 valence electrons. The van der Waals surface area contributed by atoms with Crippen molar-refractivity contribution in [2.75, 3.05) is 4.81 Å². The third-order valence-electron chi connectivity index (χ3n) is 17.4. The Morgan fingerprint density at radius 1 is 0.544 bits per heavy atom. The lowest BCUT2D eigenvalue weighted by Gasteiger charge is -2.42. The summed E-state index contributed by atoms with van der Waals surface area (Å²) in [4.78, 5) is 2.74. The van der Waals surface area contributed by atoms with Gasteiger partial charge in [0.15, 0.2) is 0 Å². The molecule has 3 nitrogen and oxygen atoms in total. The van der Waals surface area contributed by atoms with Crippen LogP contribution in [0.1, 0.15) is 103 Å². The maximum absolute atomic E-state index is 6.62. The van der Waals surface area contributed by atoms with E-state index in [2.05, 4.69) is 205 Å². The molecule has 3 aromatic heterocycles. The number of benzene rings is 8. The molecule has 0 unspecified atom stereocenters. The minimum absolute atomic E-state index is 0.0302. The van der Waals surface area contributed by atoms with Gasteiger partial charge in [0, 0.05) is 69.8 Å². The molecule has 4 aliphatic rings. The molecule has 5 heteroatoms. The molecule has 0 atom stereocenters. The largest absolute Gasteiger partial charge is 0.456 e. The van der Waals surface area contributed by atoms with Gasteiger partial charge in [-0.3, -0.25) is 0 Å². The predicted octanol–water partition coefficient (Wildman–Crippen LogP) is 16.2. The lowest BCUT2D eigenvalue weighted by molar-refractivity contribution is 0.331. The van der Waals surface area contributed by atoms with Crippen LogP contribution in [0.25, 0.3) is 91.9 Å². The Hall–Kier alpha value is -6.56. The molecule has 5 heterocycles. The van der Waals surface area contributed by atoms with Gasteiger partial charge in [-0.1, -0.05) is 129 Å². The van der Waals surface area contributed by atoms with Crippen LogP contribution in [0.3, 0.4) is 0 Å². The topological polar surface area (TPSA) is 21.3 Å². The fourth-order valence-electron chi connectivity index (χ4n) is 13.6. The number of fused-ring (bicyclic) bond motifs is 19. The first kappa shape index (κ1) is 39.4. The van der Waals surface area contributed by atoms with E-state index < -0.39 is 0 Å². The molecule has 0 spiro atoms. The Bertz CT molecular complexity index is 4110. The van der Waals surface area contributed by atoms with E-state index in [0.717, 1.165) is 16.6 Å². The van der Waals surface area contributed by atoms with Crippen LogP contribution in [-0.2, 0) is 21.7 Å². The molecule has 0 saturated carbocycles. The van der Waals surface area contributed by atoms with E-state index in [0.29, 0.717) is 0 Å². The summed E-state index contributed by atoms with van der Waals surface area (Å²) in [5.41, 5.74) is 23.7. The van der Waals surface area contributed by atoms with Gasteiger partial charge < -0.3 is 13.8 Å². The number of anilines is 2. The first-order valence-electron chi connectivity index (χ1n) is 24.7. The average Bonchev–Trinajstić information content (AvgIpc) is 4.04. The van der Waals surface area contributed by atoms with Crippen molar-refractivity contribution in [3.05, 3.63) is 161 Å². The van der Waals surface area contributed by atoms with Crippen LogP contribution in [0, 0.1) is 0 Å². The van der Waals surface area contributed by atoms with Gasteiger partial charge >= 0.3 is 6.85 Å². The molecular weight excluding hydrogens is 844 g/mol. The molecule has 15 rings (SSSR count). The quantitative estimate of drug-likeness (QED) is 0.153. The highest BCUT2D eigenvalue weighted by atomic mass is 32.1. The lowest BCUT2D eigenvalue weighted by atomic mass is 9.44. The maximum atomic E-state index is 6.62. The fraction of sp³-hybridized carbons (Fsp3) is 0.238. The molecule has 11 aromatic rings. The van der Waals surface area contributed by atoms with Crippen LogP contribution < -0.4 is 15.7 Å². The Morgan fingerprint density at radius 3 is 2.01 bits per heavy atom. The van der Waals surface area contributed by atoms with E-state index in [1.807, 2.05) is 11.3 Å². The van der Waals surface area contributed by atoms with Crippen LogP contribution >= 0.6 is 11.3 Å². The van der Waals surface area contributed by atoms with Crippen molar-refractivity contribution in [1.82, 2.24) is 4.57 Å². The highest BCUT2D eigenvalue weighted by molar-refractivity contribution is 7.26. The summed E-state index contributed by atoms with van der Waals surface area (Å²) in [6, 6.07) is 52.1. The first-order valence-corrected chi connectivity index (χ1v) is 25.6. The van der Waals surface area contributed by atoms with Crippen molar-refractivity contribution >= 4 is 104 Å². The summed E-state index contributed by atoms with van der Waals surface area (Å²) in [5, 5.41) is 7.53. The zero-order valence-corrected chi connectivity index (χ0v) is 41.2. The Balaban J connectivity index is 1.10. The van der Waals surface area contributed by atoms with Gasteiger partial charge in [0.25, 0.3) is 0 Å². The third kappa shape index (κ3) is 4.86. The summed E-state index contributed by atoms with van der Waals surface area (Å²) in [5.74, 6) is 0. The molecule has 2 aliphatic carbocycles. The van der Waals surface area contributed by atoms with Crippen molar-refractivity contribution < 1.29 is 4.42 Å². The summed E-state index contributed by atoms with van der Waals surface area (Å²) in [6.07, 6.45) is 2.40. The number of hydrogen-bond donors (Lipinski definition) is 0. The van der Waals surface area contributed by atoms with Crippen LogP contribution in [-0.4, -0.2) is 11.4 Å². The smallest absolute Gasteiger partial charge is 0.333 e. The minimum atomic E-state index is -0.175. The summed E-state index contributed by atoms with van der Waals surface area (Å²) >= 11 is 1.92. The number of hydrogen-bond acceptors (Lipinski definition) is 3. The monoisotopic (exact) mass is 896 g/mol. The second kappa shape index (κ2) is 12.6. The van der Waals surface area contributed by atoms with Gasteiger partial charge in [0.1, 0.15) is 11.2 Å². The predicted molar refractivity (Wildman–Crippen MR) is 292 cm³/mol. The molecule has 0 N–H and O–H groups in total. The fourth-order valence-corrected chi connectivity index (χ4v) is 14.7. The number of aromatic nitrogens is 1. The van der Waals surface area contributed by atoms with Crippen LogP contribution in [0.4, 0.5) is 11.4 Å². The van der Waals surface area contributed by atoms with E-state index >= 15 is 0 Å². The Kier molecular flexibility index (Phi) is 7.28. The normalized spacial score (nSPS) is 17.1. The van der Waals surface area contributed by atoms with Crippen molar-refractivity contribution in [1.29, 1.82) is 0 Å². The second-order valence-corrected chi connectivity index (χ2v) is 24.6. The van der Waals surface area contributed by atoms with Crippen LogP contribution in [0.5, 0.6) is 0 Å². The first-order chi connectivity index (χ1) is 32.6. The third-order valence-corrected chi connectivity index (χ3v) is 18.5. The lowest BCUT2D eigenvalue weighted by Crippen LogP contribution is -2.60. The SMILES string of the molecule is CC(C)(C)c1ccc(N2B3c4cc5sc6ccccc6c5cc4-n4c5ccc6oc7ccccc7c6c5c5ccc(c3c54)-c3cc4c(cc32)-c2cc3c(cc2C4(C)C)C(C)(C)CCC3(C)C)cc1. The van der Waals surface area contributed by atoms with Gasteiger partial charge in [-0.05, 0) is 151 Å². The van der Waals surface area contributed by atoms with Crippen molar-refractivity contribution in [2.24, 2.45) is 0 Å². The average molecular weight is 897 g/mol. The van der Waals surface area contributed by atoms with Crippen LogP contribution in [0.2, 0.25) is 0 Å². The molecular formula is C63H53BN2OS. The molecule has 68 heavy (non-hydrogen) atoms. The highest BCUT2D eigenvalue weighted by Crippen LogP contribution is 2.58. The van der Waals surface area contributed by atoms with Gasteiger partial charge in [0.05, 0.1) is 11.0 Å². The van der Waals surface area contributed by atoms with Crippen molar-refractivity contribution in [3.8, 4) is 27.9 Å². The zero-order chi connectivity index (χ0) is 46.1. The molecule has 0 fully saturated rings. The van der Waals surface area contributed by atoms with Gasteiger partial charge in [-0.15, -0.1) is 11.3 Å². The van der Waals surface area contributed by atoms with Gasteiger partial charge in [0.2, 0.25) is 0 Å². The van der Waals surface area contributed by atoms with Crippen molar-refractivity contribution in [2.45, 2.75) is 96.8 Å².